The molecular formula is C19H13ClF3N5O. The van der Waals surface area contributed by atoms with Crippen LogP contribution in [0.2, 0.25) is 0 Å². The highest BCUT2D eigenvalue weighted by Gasteiger charge is 2.48. The number of hydrogen-bond donors (Lipinski definition) is 0. The number of hydrazine groups is 1. The van der Waals surface area contributed by atoms with Crippen LogP contribution < -0.4 is 4.74 Å². The molecule has 0 aliphatic carbocycles. The van der Waals surface area contributed by atoms with Crippen LogP contribution in [0.15, 0.2) is 41.4 Å². The van der Waals surface area contributed by atoms with Crippen molar-refractivity contribution >= 4 is 28.6 Å². The maximum atomic E-state index is 13.8. The highest BCUT2D eigenvalue weighted by atomic mass is 35.5. The Morgan fingerprint density at radius 2 is 2.03 bits per heavy atom. The fourth-order valence-corrected chi connectivity index (χ4v) is 4.92. The molecule has 0 unspecified atom stereocenters. The smallest absolute Gasteiger partial charge is 0.387 e. The molecule has 3 aliphatic heterocycles. The normalized spacial score (nSPS) is 22.5. The van der Waals surface area contributed by atoms with Gasteiger partial charge in [-0.25, -0.2) is 14.4 Å². The van der Waals surface area contributed by atoms with E-state index in [0.717, 1.165) is 5.52 Å². The lowest BCUT2D eigenvalue weighted by molar-refractivity contribution is -0.0506. The number of hydrogen-bond acceptors (Lipinski definition) is 5. The Bertz CT molecular complexity index is 1200. The number of ether oxygens (including phenoxy) is 1. The van der Waals surface area contributed by atoms with E-state index in [9.17, 15) is 13.2 Å². The first kappa shape index (κ1) is 17.1. The first-order valence-corrected chi connectivity index (χ1v) is 9.39. The van der Waals surface area contributed by atoms with Crippen molar-refractivity contribution in [3.8, 4) is 5.75 Å². The zero-order valence-electron chi connectivity index (χ0n) is 14.8. The number of alkyl halides is 2. The lowest BCUT2D eigenvalue weighted by Gasteiger charge is -2.30. The average molecular weight is 420 g/mol. The van der Waals surface area contributed by atoms with Crippen LogP contribution in [-0.2, 0) is 0 Å². The number of amidine groups is 1. The van der Waals surface area contributed by atoms with Gasteiger partial charge in [-0.2, -0.15) is 8.78 Å². The third kappa shape index (κ3) is 2.28. The summed E-state index contributed by atoms with van der Waals surface area (Å²) in [6.45, 7) is -2.73. The molecule has 2 bridgehead atoms. The minimum atomic E-state index is -2.96. The zero-order chi connectivity index (χ0) is 19.9. The molecule has 0 fully saturated rings. The molecule has 3 aromatic rings. The fraction of sp³-hybridized carbons (Fsp3) is 0.263. The SMILES string of the molecule is Fc1ccc2c(c1)nc1n2[C@@H]2C[C@H]1N1C(=NCN1Cl)c1cccc(OC(F)F)c12. The molecule has 0 N–H and O–H groups in total. The van der Waals surface area contributed by atoms with Gasteiger partial charge < -0.3 is 9.30 Å². The predicted octanol–water partition coefficient (Wildman–Crippen LogP) is 4.22. The topological polar surface area (TPSA) is 45.9 Å². The summed E-state index contributed by atoms with van der Waals surface area (Å²) in [5.41, 5.74) is 2.53. The molecule has 0 radical (unpaired) electrons. The fourth-order valence-electron chi connectivity index (χ4n) is 4.69. The summed E-state index contributed by atoms with van der Waals surface area (Å²) < 4.78 is 48.4. The molecule has 29 heavy (non-hydrogen) atoms. The van der Waals surface area contributed by atoms with Crippen molar-refractivity contribution in [2.75, 3.05) is 6.67 Å². The number of benzene rings is 2. The van der Waals surface area contributed by atoms with E-state index in [-0.39, 0.29) is 30.3 Å². The molecule has 0 saturated carbocycles. The third-order valence-electron chi connectivity index (χ3n) is 5.67. The summed E-state index contributed by atoms with van der Waals surface area (Å²) in [6.07, 6.45) is 0.550. The minimum Gasteiger partial charge on any atom is -0.434 e. The van der Waals surface area contributed by atoms with Crippen molar-refractivity contribution in [3.05, 3.63) is 59.2 Å². The third-order valence-corrected chi connectivity index (χ3v) is 5.94. The number of fused-ring (bicyclic) bond motifs is 6. The Hall–Kier alpha value is -2.78. The van der Waals surface area contributed by atoms with Gasteiger partial charge in [-0.05, 0) is 18.2 Å². The van der Waals surface area contributed by atoms with Gasteiger partial charge in [0.1, 0.15) is 35.9 Å². The monoisotopic (exact) mass is 419 g/mol. The zero-order valence-corrected chi connectivity index (χ0v) is 15.5. The predicted molar refractivity (Wildman–Crippen MR) is 99.2 cm³/mol. The molecule has 2 aromatic carbocycles. The number of halogens is 4. The van der Waals surface area contributed by atoms with Crippen molar-refractivity contribution < 1.29 is 17.9 Å². The number of nitrogens with zero attached hydrogens (tertiary/aromatic N) is 5. The van der Waals surface area contributed by atoms with Crippen LogP contribution in [-0.4, -0.2) is 38.2 Å². The molecule has 0 saturated heterocycles. The van der Waals surface area contributed by atoms with E-state index in [0.29, 0.717) is 34.7 Å². The number of rotatable bonds is 2. The van der Waals surface area contributed by atoms with Crippen LogP contribution in [0.4, 0.5) is 13.2 Å². The largest absolute Gasteiger partial charge is 0.434 e. The van der Waals surface area contributed by atoms with Crippen molar-refractivity contribution in [2.45, 2.75) is 25.1 Å². The summed E-state index contributed by atoms with van der Waals surface area (Å²) in [4.78, 5) is 9.17. The molecule has 0 spiro atoms. The summed E-state index contributed by atoms with van der Waals surface area (Å²) in [5, 5.41) is 1.83. The van der Waals surface area contributed by atoms with Crippen LogP contribution in [0, 0.1) is 5.82 Å². The summed E-state index contributed by atoms with van der Waals surface area (Å²) >= 11 is 6.43. The first-order chi connectivity index (χ1) is 14.0. The van der Waals surface area contributed by atoms with Gasteiger partial charge >= 0.3 is 6.61 Å². The van der Waals surface area contributed by atoms with E-state index in [1.165, 1.54) is 22.7 Å². The Balaban J connectivity index is 1.67. The van der Waals surface area contributed by atoms with Crippen LogP contribution >= 0.6 is 11.8 Å². The second kappa shape index (κ2) is 5.87. The number of imidazole rings is 1. The minimum absolute atomic E-state index is 0.0932. The molecule has 6 rings (SSSR count). The quantitative estimate of drug-likeness (QED) is 0.584. The van der Waals surface area contributed by atoms with Crippen LogP contribution in [0.5, 0.6) is 5.75 Å². The van der Waals surface area contributed by atoms with Gasteiger partial charge in [-0.15, -0.1) is 4.53 Å². The van der Waals surface area contributed by atoms with E-state index in [1.54, 1.807) is 12.1 Å². The molecule has 148 valence electrons. The van der Waals surface area contributed by atoms with Gasteiger partial charge in [-0.1, -0.05) is 12.1 Å². The van der Waals surface area contributed by atoms with Gasteiger partial charge in [-0.3, -0.25) is 5.01 Å². The Labute approximate surface area is 167 Å². The van der Waals surface area contributed by atoms with Crippen LogP contribution in [0.3, 0.4) is 0 Å². The maximum Gasteiger partial charge on any atom is 0.387 e. The summed E-state index contributed by atoms with van der Waals surface area (Å²) in [5.74, 6) is 0.984. The van der Waals surface area contributed by atoms with Crippen molar-refractivity contribution in [1.82, 2.24) is 19.1 Å². The first-order valence-electron chi connectivity index (χ1n) is 9.05. The Kier molecular flexibility index (Phi) is 3.46. The average Bonchev–Trinajstić information content (AvgIpc) is 3.29. The molecule has 6 nitrogen and oxygen atoms in total. The second-order valence-corrected chi connectivity index (χ2v) is 7.53. The van der Waals surface area contributed by atoms with Crippen LogP contribution in [0.25, 0.3) is 11.0 Å². The van der Waals surface area contributed by atoms with E-state index in [4.69, 9.17) is 16.5 Å². The van der Waals surface area contributed by atoms with E-state index in [1.807, 2.05) is 15.6 Å². The lowest BCUT2D eigenvalue weighted by atomic mass is 9.97. The lowest BCUT2D eigenvalue weighted by Crippen LogP contribution is -2.38. The van der Waals surface area contributed by atoms with E-state index >= 15 is 0 Å². The van der Waals surface area contributed by atoms with Gasteiger partial charge in [0.25, 0.3) is 0 Å². The number of aromatic nitrogens is 2. The van der Waals surface area contributed by atoms with Crippen molar-refractivity contribution in [2.24, 2.45) is 4.99 Å². The molecule has 10 heteroatoms. The van der Waals surface area contributed by atoms with Crippen molar-refractivity contribution in [1.29, 1.82) is 0 Å². The van der Waals surface area contributed by atoms with Gasteiger partial charge in [0.2, 0.25) is 0 Å². The standard InChI is InChI=1S/C19H13ClF3N5O/c20-26-8-24-17-10-2-1-3-15(29-19(22)23)16(10)13-7-14(28(17)26)18-25-11-6-9(21)4-5-12(11)27(13)18/h1-6,13-14,19H,7-8H2/t13-,14-/m1/s1. The molecule has 3 aliphatic rings. The van der Waals surface area contributed by atoms with Gasteiger partial charge in [0.05, 0.1) is 17.1 Å². The molecule has 2 atom stereocenters. The molecule has 4 heterocycles. The highest BCUT2D eigenvalue weighted by molar-refractivity contribution is 6.16. The highest BCUT2D eigenvalue weighted by Crippen LogP contribution is 2.51. The maximum absolute atomic E-state index is 13.8. The number of aliphatic imine (C=N–C) groups is 1. The van der Waals surface area contributed by atoms with E-state index in [2.05, 4.69) is 9.98 Å². The van der Waals surface area contributed by atoms with Crippen LogP contribution in [0.1, 0.15) is 35.5 Å². The molecule has 1 aromatic heterocycles. The Morgan fingerprint density at radius 3 is 2.86 bits per heavy atom. The second-order valence-electron chi connectivity index (χ2n) is 7.14. The molecular weight excluding hydrogens is 407 g/mol. The molecule has 0 amide bonds. The Morgan fingerprint density at radius 1 is 1.17 bits per heavy atom. The summed E-state index contributed by atoms with van der Waals surface area (Å²) in [7, 11) is 0. The van der Waals surface area contributed by atoms with Gasteiger partial charge in [0.15, 0.2) is 0 Å². The van der Waals surface area contributed by atoms with E-state index < -0.39 is 6.61 Å². The van der Waals surface area contributed by atoms with Gasteiger partial charge in [0, 0.05) is 35.4 Å². The van der Waals surface area contributed by atoms with Crippen molar-refractivity contribution in [3.63, 3.8) is 0 Å². The summed E-state index contributed by atoms with van der Waals surface area (Å²) in [6, 6.07) is 8.82.